The summed E-state index contributed by atoms with van der Waals surface area (Å²) >= 11 is 5.87. The molecule has 0 aliphatic carbocycles. The topological polar surface area (TPSA) is 59.7 Å². The minimum absolute atomic E-state index is 0.0600. The number of aromatic hydroxyl groups is 1. The van der Waals surface area contributed by atoms with Gasteiger partial charge in [0.1, 0.15) is 0 Å². The molecule has 2 heterocycles. The van der Waals surface area contributed by atoms with E-state index in [0.717, 1.165) is 5.56 Å². The van der Waals surface area contributed by atoms with Crippen molar-refractivity contribution < 1.29 is 9.84 Å². The SMILES string of the molecule is COc1c(C)nc2cc(-c3ccc(Cl)cc3)nn2c1O. The van der Waals surface area contributed by atoms with Crippen molar-refractivity contribution in [1.82, 2.24) is 14.6 Å². The highest BCUT2D eigenvalue weighted by Gasteiger charge is 2.15. The molecule has 0 fully saturated rings. The van der Waals surface area contributed by atoms with Gasteiger partial charge in [0.05, 0.1) is 18.5 Å². The second-order valence-electron chi connectivity index (χ2n) is 4.36. The standard InChI is InChI=1S/C14H12ClN3O2/c1-8-13(20-2)14(19)18-12(16-8)7-11(17-18)9-3-5-10(15)6-4-9/h3-7,19H,1-2H3. The van der Waals surface area contributed by atoms with Crippen LogP contribution in [0.1, 0.15) is 5.69 Å². The molecule has 0 spiro atoms. The highest BCUT2D eigenvalue weighted by Crippen LogP contribution is 2.30. The number of aromatic nitrogens is 3. The molecule has 0 atom stereocenters. The number of hydrogen-bond donors (Lipinski definition) is 1. The van der Waals surface area contributed by atoms with Crippen LogP contribution in [0.4, 0.5) is 0 Å². The Bertz CT molecular complexity index is 781. The smallest absolute Gasteiger partial charge is 0.259 e. The Morgan fingerprint density at radius 2 is 1.95 bits per heavy atom. The number of hydrogen-bond acceptors (Lipinski definition) is 4. The van der Waals surface area contributed by atoms with Gasteiger partial charge in [-0.15, -0.1) is 0 Å². The fourth-order valence-corrected chi connectivity index (χ4v) is 2.21. The van der Waals surface area contributed by atoms with Crippen molar-refractivity contribution in [2.75, 3.05) is 7.11 Å². The molecule has 3 rings (SSSR count). The number of benzene rings is 1. The quantitative estimate of drug-likeness (QED) is 0.787. The summed E-state index contributed by atoms with van der Waals surface area (Å²) in [6.07, 6.45) is 0. The normalized spacial score (nSPS) is 10.9. The average molecular weight is 290 g/mol. The molecule has 1 aromatic carbocycles. The van der Waals surface area contributed by atoms with Gasteiger partial charge < -0.3 is 9.84 Å². The number of rotatable bonds is 2. The van der Waals surface area contributed by atoms with Crippen LogP contribution < -0.4 is 4.74 Å². The molecule has 0 amide bonds. The molecule has 3 aromatic rings. The summed E-state index contributed by atoms with van der Waals surface area (Å²) in [4.78, 5) is 4.36. The number of nitrogens with zero attached hydrogens (tertiary/aromatic N) is 3. The minimum Gasteiger partial charge on any atom is -0.491 e. The van der Waals surface area contributed by atoms with E-state index >= 15 is 0 Å². The molecule has 0 radical (unpaired) electrons. The van der Waals surface area contributed by atoms with Gasteiger partial charge >= 0.3 is 0 Å². The molecule has 5 nitrogen and oxygen atoms in total. The molecular weight excluding hydrogens is 278 g/mol. The summed E-state index contributed by atoms with van der Waals surface area (Å²) in [5.41, 5.74) is 2.78. The molecule has 0 unspecified atom stereocenters. The van der Waals surface area contributed by atoms with E-state index in [2.05, 4.69) is 10.1 Å². The zero-order valence-corrected chi connectivity index (χ0v) is 11.7. The van der Waals surface area contributed by atoms with E-state index < -0.39 is 0 Å². The number of methoxy groups -OCH3 is 1. The van der Waals surface area contributed by atoms with E-state index in [1.165, 1.54) is 11.6 Å². The maximum Gasteiger partial charge on any atom is 0.259 e. The summed E-state index contributed by atoms with van der Waals surface area (Å²) < 4.78 is 6.48. The molecule has 102 valence electrons. The highest BCUT2D eigenvalue weighted by molar-refractivity contribution is 6.30. The lowest BCUT2D eigenvalue weighted by Gasteiger charge is -2.06. The molecule has 0 saturated heterocycles. The summed E-state index contributed by atoms with van der Waals surface area (Å²) in [5, 5.41) is 15.2. The third-order valence-corrected chi connectivity index (χ3v) is 3.30. The monoisotopic (exact) mass is 289 g/mol. The molecule has 0 bridgehead atoms. The van der Waals surface area contributed by atoms with Crippen LogP contribution in [0.3, 0.4) is 0 Å². The molecule has 0 aliphatic heterocycles. The molecule has 0 saturated carbocycles. The molecule has 20 heavy (non-hydrogen) atoms. The minimum atomic E-state index is -0.0600. The zero-order chi connectivity index (χ0) is 14.3. The van der Waals surface area contributed by atoms with E-state index in [-0.39, 0.29) is 5.88 Å². The van der Waals surface area contributed by atoms with Crippen molar-refractivity contribution in [3.63, 3.8) is 0 Å². The summed E-state index contributed by atoms with van der Waals surface area (Å²) in [7, 11) is 1.49. The van der Waals surface area contributed by atoms with E-state index in [9.17, 15) is 5.11 Å². The number of aryl methyl sites for hydroxylation is 1. The molecule has 2 aromatic heterocycles. The van der Waals surface area contributed by atoms with Gasteiger partial charge in [-0.3, -0.25) is 0 Å². The summed E-state index contributed by atoms with van der Waals surface area (Å²) in [6, 6.07) is 9.12. The van der Waals surface area contributed by atoms with Gasteiger partial charge in [-0.2, -0.15) is 9.61 Å². The molecule has 0 aliphatic rings. The van der Waals surface area contributed by atoms with Crippen LogP contribution >= 0.6 is 11.6 Å². The van der Waals surface area contributed by atoms with Crippen molar-refractivity contribution in [2.24, 2.45) is 0 Å². The van der Waals surface area contributed by atoms with Crippen molar-refractivity contribution in [1.29, 1.82) is 0 Å². The first-order valence-electron chi connectivity index (χ1n) is 5.99. The van der Waals surface area contributed by atoms with Crippen LogP contribution in [0.25, 0.3) is 16.9 Å². The average Bonchev–Trinajstić information content (AvgIpc) is 2.84. The van der Waals surface area contributed by atoms with E-state index in [1.54, 1.807) is 25.1 Å². The second kappa shape index (κ2) is 4.68. The van der Waals surface area contributed by atoms with Gasteiger partial charge in [-0.25, -0.2) is 4.98 Å². The Kier molecular flexibility index (Phi) is 2.99. The lowest BCUT2D eigenvalue weighted by Crippen LogP contribution is -1.98. The zero-order valence-electron chi connectivity index (χ0n) is 11.0. The maximum absolute atomic E-state index is 10.1. The molecular formula is C14H12ClN3O2. The molecule has 1 N–H and O–H groups in total. The van der Waals surface area contributed by atoms with Gasteiger partial charge in [-0.05, 0) is 19.1 Å². The van der Waals surface area contributed by atoms with Gasteiger partial charge in [0.15, 0.2) is 5.65 Å². The van der Waals surface area contributed by atoms with Crippen LogP contribution in [-0.2, 0) is 0 Å². The Hall–Kier alpha value is -2.27. The Labute approximate surface area is 120 Å². The first-order valence-corrected chi connectivity index (χ1v) is 6.37. The van der Waals surface area contributed by atoms with Gasteiger partial charge in [-0.1, -0.05) is 23.7 Å². The predicted molar refractivity (Wildman–Crippen MR) is 76.4 cm³/mol. The first-order chi connectivity index (χ1) is 9.60. The predicted octanol–water partition coefficient (Wildman–Crippen LogP) is 3.07. The number of ether oxygens (including phenoxy) is 1. The van der Waals surface area contributed by atoms with E-state index in [1.807, 2.05) is 12.1 Å². The van der Waals surface area contributed by atoms with Gasteiger partial charge in [0, 0.05) is 16.7 Å². The first kappa shape index (κ1) is 12.7. The van der Waals surface area contributed by atoms with Gasteiger partial charge in [0.2, 0.25) is 5.75 Å². The van der Waals surface area contributed by atoms with Crippen molar-refractivity contribution in [2.45, 2.75) is 6.92 Å². The van der Waals surface area contributed by atoms with E-state index in [4.69, 9.17) is 16.3 Å². The fraction of sp³-hybridized carbons (Fsp3) is 0.143. The fourth-order valence-electron chi connectivity index (χ4n) is 2.09. The summed E-state index contributed by atoms with van der Waals surface area (Å²) in [5.74, 6) is 0.262. The van der Waals surface area contributed by atoms with Crippen LogP contribution in [0.15, 0.2) is 30.3 Å². The highest BCUT2D eigenvalue weighted by atomic mass is 35.5. The van der Waals surface area contributed by atoms with Crippen LogP contribution in [-0.4, -0.2) is 26.8 Å². The van der Waals surface area contributed by atoms with Crippen molar-refractivity contribution in [3.8, 4) is 22.9 Å². The number of fused-ring (bicyclic) bond motifs is 1. The van der Waals surface area contributed by atoms with Crippen LogP contribution in [0.5, 0.6) is 11.6 Å². The largest absolute Gasteiger partial charge is 0.491 e. The second-order valence-corrected chi connectivity index (χ2v) is 4.80. The van der Waals surface area contributed by atoms with Crippen LogP contribution in [0.2, 0.25) is 5.02 Å². The summed E-state index contributed by atoms with van der Waals surface area (Å²) in [6.45, 7) is 1.77. The van der Waals surface area contributed by atoms with Crippen molar-refractivity contribution in [3.05, 3.63) is 41.0 Å². The van der Waals surface area contributed by atoms with Crippen LogP contribution in [0, 0.1) is 6.92 Å². The number of halogens is 1. The maximum atomic E-state index is 10.1. The van der Waals surface area contributed by atoms with Crippen molar-refractivity contribution >= 4 is 17.2 Å². The van der Waals surface area contributed by atoms with Gasteiger partial charge in [0.25, 0.3) is 5.88 Å². The lowest BCUT2D eigenvalue weighted by molar-refractivity contribution is 0.350. The Morgan fingerprint density at radius 3 is 2.60 bits per heavy atom. The lowest BCUT2D eigenvalue weighted by atomic mass is 10.2. The Morgan fingerprint density at radius 1 is 1.25 bits per heavy atom. The third kappa shape index (κ3) is 1.96. The third-order valence-electron chi connectivity index (χ3n) is 3.05. The molecule has 6 heteroatoms. The van der Waals surface area contributed by atoms with E-state index in [0.29, 0.717) is 27.8 Å². The Balaban J connectivity index is 2.20.